The number of aryl methyl sites for hydroxylation is 1. The molecule has 4 nitrogen and oxygen atoms in total. The lowest BCUT2D eigenvalue weighted by Gasteiger charge is -1.99. The van der Waals surface area contributed by atoms with Crippen molar-refractivity contribution in [1.82, 2.24) is 20.1 Å². The minimum Gasteiger partial charge on any atom is -0.306 e. The first-order valence-corrected chi connectivity index (χ1v) is 5.34. The molecule has 1 aromatic heterocycles. The summed E-state index contributed by atoms with van der Waals surface area (Å²) < 4.78 is 1.84. The van der Waals surface area contributed by atoms with E-state index in [0.29, 0.717) is 5.92 Å². The van der Waals surface area contributed by atoms with Crippen LogP contribution in [0, 0.1) is 5.92 Å². The van der Waals surface area contributed by atoms with Crippen molar-refractivity contribution in [3.63, 3.8) is 0 Å². The summed E-state index contributed by atoms with van der Waals surface area (Å²) in [5, 5.41) is 7.59. The second-order valence-electron chi connectivity index (χ2n) is 4.09. The molecule has 0 unspecified atom stereocenters. The minimum atomic E-state index is 0.599. The molecule has 0 fully saturated rings. The average Bonchev–Trinajstić information content (AvgIpc) is 2.46. The Morgan fingerprint density at radius 3 is 2.87 bits per heavy atom. The Morgan fingerprint density at radius 2 is 2.27 bits per heavy atom. The quantitative estimate of drug-likeness (QED) is 0.566. The first kappa shape index (κ1) is 11.9. The van der Waals surface area contributed by atoms with Gasteiger partial charge < -0.3 is 5.32 Å². The number of nitrogens with one attached hydrogen (secondary N) is 1. The van der Waals surface area contributed by atoms with E-state index in [9.17, 15) is 0 Å². The van der Waals surface area contributed by atoms with Crippen LogP contribution in [0.4, 0.5) is 0 Å². The lowest BCUT2D eigenvalue weighted by atomic mass is 10.1. The van der Waals surface area contributed by atoms with E-state index in [1.807, 2.05) is 17.8 Å². The molecule has 0 bridgehead atoms. The van der Waals surface area contributed by atoms with Crippen molar-refractivity contribution >= 4 is 0 Å². The van der Waals surface area contributed by atoms with Gasteiger partial charge in [-0.2, -0.15) is 5.10 Å². The third-order valence-corrected chi connectivity index (χ3v) is 2.06. The van der Waals surface area contributed by atoms with Crippen LogP contribution < -0.4 is 5.32 Å². The van der Waals surface area contributed by atoms with Gasteiger partial charge in [-0.05, 0) is 5.92 Å². The lowest BCUT2D eigenvalue weighted by Crippen LogP contribution is -2.16. The van der Waals surface area contributed by atoms with E-state index in [0.717, 1.165) is 31.2 Å². The van der Waals surface area contributed by atoms with Gasteiger partial charge in [-0.25, -0.2) is 4.98 Å². The Hall–Kier alpha value is -1.16. The zero-order valence-corrected chi connectivity index (χ0v) is 9.82. The maximum absolute atomic E-state index is 4.48. The molecule has 0 radical (unpaired) electrons. The van der Waals surface area contributed by atoms with Crippen molar-refractivity contribution in [3.8, 4) is 0 Å². The summed E-state index contributed by atoms with van der Waals surface area (Å²) in [4.78, 5) is 4.48. The van der Waals surface area contributed by atoms with E-state index in [4.69, 9.17) is 0 Å². The minimum absolute atomic E-state index is 0.599. The van der Waals surface area contributed by atoms with E-state index >= 15 is 0 Å². The fourth-order valence-electron chi connectivity index (χ4n) is 1.37. The second kappa shape index (κ2) is 5.66. The molecule has 84 valence electrons. The van der Waals surface area contributed by atoms with Gasteiger partial charge in [-0.15, -0.1) is 6.58 Å². The van der Waals surface area contributed by atoms with Crippen LogP contribution in [0.3, 0.4) is 0 Å². The maximum Gasteiger partial charge on any atom is 0.151 e. The molecule has 1 rings (SSSR count). The van der Waals surface area contributed by atoms with Crippen molar-refractivity contribution in [2.45, 2.75) is 26.8 Å². The Bertz CT molecular complexity index is 314. The Labute approximate surface area is 91.4 Å². The largest absolute Gasteiger partial charge is 0.306 e. The SMILES string of the molecule is C=CCNCc1nc(CC(C)C)nn1C. The summed E-state index contributed by atoms with van der Waals surface area (Å²) in [6.45, 7) is 9.54. The van der Waals surface area contributed by atoms with Gasteiger partial charge in [-0.1, -0.05) is 19.9 Å². The fourth-order valence-corrected chi connectivity index (χ4v) is 1.37. The highest BCUT2D eigenvalue weighted by Gasteiger charge is 2.07. The van der Waals surface area contributed by atoms with Crippen LogP contribution >= 0.6 is 0 Å². The molecule has 1 N–H and O–H groups in total. The summed E-state index contributed by atoms with van der Waals surface area (Å²) in [5.41, 5.74) is 0. The molecule has 0 spiro atoms. The third-order valence-electron chi connectivity index (χ3n) is 2.06. The van der Waals surface area contributed by atoms with E-state index in [-0.39, 0.29) is 0 Å². The number of aromatic nitrogens is 3. The van der Waals surface area contributed by atoms with Crippen LogP contribution in [0.25, 0.3) is 0 Å². The Morgan fingerprint density at radius 1 is 1.53 bits per heavy atom. The monoisotopic (exact) mass is 208 g/mol. The van der Waals surface area contributed by atoms with Crippen LogP contribution in [0.15, 0.2) is 12.7 Å². The number of rotatable bonds is 6. The summed E-state index contributed by atoms with van der Waals surface area (Å²) >= 11 is 0. The predicted octanol–water partition coefficient (Wildman–Crippen LogP) is 1.29. The predicted molar refractivity (Wildman–Crippen MR) is 61.4 cm³/mol. The van der Waals surface area contributed by atoms with E-state index in [1.54, 1.807) is 0 Å². The van der Waals surface area contributed by atoms with Crippen molar-refractivity contribution in [2.75, 3.05) is 6.54 Å². The average molecular weight is 208 g/mol. The van der Waals surface area contributed by atoms with Gasteiger partial charge in [0.25, 0.3) is 0 Å². The van der Waals surface area contributed by atoms with Crippen LogP contribution in [0.5, 0.6) is 0 Å². The molecule has 15 heavy (non-hydrogen) atoms. The lowest BCUT2D eigenvalue weighted by molar-refractivity contribution is 0.609. The van der Waals surface area contributed by atoms with Gasteiger partial charge in [0.15, 0.2) is 5.82 Å². The van der Waals surface area contributed by atoms with Gasteiger partial charge in [0.05, 0.1) is 6.54 Å². The third kappa shape index (κ3) is 3.83. The van der Waals surface area contributed by atoms with Crippen LogP contribution in [-0.2, 0) is 20.0 Å². The molecule has 0 atom stereocenters. The molecule has 0 aliphatic carbocycles. The summed E-state index contributed by atoms with van der Waals surface area (Å²) in [7, 11) is 1.93. The molecule has 0 amide bonds. The highest BCUT2D eigenvalue weighted by molar-refractivity contribution is 4.93. The first-order chi connectivity index (χ1) is 7.13. The summed E-state index contributed by atoms with van der Waals surface area (Å²) in [6.07, 6.45) is 2.78. The van der Waals surface area contributed by atoms with Crippen LogP contribution in [0.2, 0.25) is 0 Å². The Kier molecular flexibility index (Phi) is 4.49. The van der Waals surface area contributed by atoms with Gasteiger partial charge in [0.1, 0.15) is 5.82 Å². The molecule has 0 aromatic carbocycles. The zero-order valence-electron chi connectivity index (χ0n) is 9.82. The normalized spacial score (nSPS) is 10.9. The zero-order chi connectivity index (χ0) is 11.3. The molecule has 1 heterocycles. The van der Waals surface area contributed by atoms with E-state index < -0.39 is 0 Å². The number of hydrogen-bond acceptors (Lipinski definition) is 3. The molecule has 0 saturated carbocycles. The van der Waals surface area contributed by atoms with Crippen LogP contribution in [-0.4, -0.2) is 21.3 Å². The smallest absolute Gasteiger partial charge is 0.151 e. The maximum atomic E-state index is 4.48. The van der Waals surface area contributed by atoms with Crippen molar-refractivity contribution in [2.24, 2.45) is 13.0 Å². The highest BCUT2D eigenvalue weighted by Crippen LogP contribution is 2.04. The van der Waals surface area contributed by atoms with Crippen molar-refractivity contribution < 1.29 is 0 Å². The Balaban J connectivity index is 2.56. The first-order valence-electron chi connectivity index (χ1n) is 5.34. The van der Waals surface area contributed by atoms with Gasteiger partial charge in [0, 0.05) is 20.0 Å². The van der Waals surface area contributed by atoms with Crippen molar-refractivity contribution in [1.29, 1.82) is 0 Å². The molecule has 1 aromatic rings. The standard InChI is InChI=1S/C11H20N4/c1-5-6-12-8-11-13-10(7-9(2)3)14-15(11)4/h5,9,12H,1,6-8H2,2-4H3. The summed E-state index contributed by atoms with van der Waals surface area (Å²) in [6, 6.07) is 0. The van der Waals surface area contributed by atoms with E-state index in [1.165, 1.54) is 0 Å². The van der Waals surface area contributed by atoms with Crippen molar-refractivity contribution in [3.05, 3.63) is 24.3 Å². The van der Waals surface area contributed by atoms with E-state index in [2.05, 4.69) is 35.8 Å². The highest BCUT2D eigenvalue weighted by atomic mass is 15.3. The molecule has 0 saturated heterocycles. The molecular weight excluding hydrogens is 188 g/mol. The molecule has 0 aliphatic rings. The molecule has 4 heteroatoms. The molecule has 0 aliphatic heterocycles. The second-order valence-corrected chi connectivity index (χ2v) is 4.09. The molecular formula is C11H20N4. The summed E-state index contributed by atoms with van der Waals surface area (Å²) in [5.74, 6) is 2.51. The van der Waals surface area contributed by atoms with Crippen LogP contribution in [0.1, 0.15) is 25.5 Å². The number of hydrogen-bond donors (Lipinski definition) is 1. The van der Waals surface area contributed by atoms with Gasteiger partial charge >= 0.3 is 0 Å². The topological polar surface area (TPSA) is 42.7 Å². The van der Waals surface area contributed by atoms with Gasteiger partial charge in [-0.3, -0.25) is 4.68 Å². The fraction of sp³-hybridized carbons (Fsp3) is 0.636. The number of nitrogens with zero attached hydrogens (tertiary/aromatic N) is 3. The van der Waals surface area contributed by atoms with Gasteiger partial charge in [0.2, 0.25) is 0 Å².